The molecule has 1 aliphatic heterocycles. The van der Waals surface area contributed by atoms with E-state index in [0.29, 0.717) is 11.4 Å². The second kappa shape index (κ2) is 6.26. The minimum absolute atomic E-state index is 0.0616. The van der Waals surface area contributed by atoms with E-state index in [0.717, 1.165) is 25.6 Å². The summed E-state index contributed by atoms with van der Waals surface area (Å²) in [5.41, 5.74) is 1.03. The Labute approximate surface area is 131 Å². The molecule has 1 aliphatic rings. The highest BCUT2D eigenvalue weighted by atomic mass is 32.2. The third-order valence-electron chi connectivity index (χ3n) is 3.85. The number of benzene rings is 1. The SMILES string of the molecule is CC1(C)CCCNC1C(=O)Nc1ccc(NS(C)(=O)=O)cc1. The van der Waals surface area contributed by atoms with Crippen LogP contribution in [0.25, 0.3) is 0 Å². The summed E-state index contributed by atoms with van der Waals surface area (Å²) in [6.07, 6.45) is 3.18. The molecule has 0 bridgehead atoms. The third-order valence-corrected chi connectivity index (χ3v) is 4.45. The van der Waals surface area contributed by atoms with Crippen LogP contribution in [0.1, 0.15) is 26.7 Å². The predicted octanol–water partition coefficient (Wildman–Crippen LogP) is 1.77. The summed E-state index contributed by atoms with van der Waals surface area (Å²) in [5.74, 6) is -0.0616. The molecule has 1 heterocycles. The molecule has 1 amide bonds. The fraction of sp³-hybridized carbons (Fsp3) is 0.533. The third kappa shape index (κ3) is 4.45. The van der Waals surface area contributed by atoms with Crippen molar-refractivity contribution in [2.24, 2.45) is 5.41 Å². The number of amides is 1. The van der Waals surface area contributed by atoms with Gasteiger partial charge in [-0.2, -0.15) is 0 Å². The van der Waals surface area contributed by atoms with Gasteiger partial charge >= 0.3 is 0 Å². The summed E-state index contributed by atoms with van der Waals surface area (Å²) in [4.78, 5) is 12.4. The molecular weight excluding hydrogens is 302 g/mol. The van der Waals surface area contributed by atoms with Crippen molar-refractivity contribution in [1.82, 2.24) is 5.32 Å². The Hall–Kier alpha value is -1.60. The van der Waals surface area contributed by atoms with E-state index in [1.54, 1.807) is 24.3 Å². The topological polar surface area (TPSA) is 87.3 Å². The lowest BCUT2D eigenvalue weighted by atomic mass is 9.77. The zero-order valence-electron chi connectivity index (χ0n) is 13.1. The highest BCUT2D eigenvalue weighted by Gasteiger charge is 2.36. The normalized spacial score (nSPS) is 21.1. The lowest BCUT2D eigenvalue weighted by Crippen LogP contribution is -2.53. The van der Waals surface area contributed by atoms with Crippen LogP contribution in [0.2, 0.25) is 0 Å². The van der Waals surface area contributed by atoms with E-state index in [-0.39, 0.29) is 17.4 Å². The molecule has 7 heteroatoms. The molecule has 1 aromatic rings. The summed E-state index contributed by atoms with van der Waals surface area (Å²) in [5, 5.41) is 6.15. The van der Waals surface area contributed by atoms with Crippen molar-refractivity contribution >= 4 is 27.3 Å². The van der Waals surface area contributed by atoms with Gasteiger partial charge in [0.05, 0.1) is 12.3 Å². The number of rotatable bonds is 4. The Balaban J connectivity index is 2.03. The van der Waals surface area contributed by atoms with Gasteiger partial charge in [0.15, 0.2) is 0 Å². The monoisotopic (exact) mass is 325 g/mol. The average molecular weight is 325 g/mol. The first-order valence-corrected chi connectivity index (χ1v) is 9.19. The van der Waals surface area contributed by atoms with Crippen molar-refractivity contribution in [2.75, 3.05) is 22.8 Å². The molecule has 22 heavy (non-hydrogen) atoms. The van der Waals surface area contributed by atoms with Crippen molar-refractivity contribution < 1.29 is 13.2 Å². The van der Waals surface area contributed by atoms with E-state index in [9.17, 15) is 13.2 Å². The van der Waals surface area contributed by atoms with Crippen LogP contribution in [-0.4, -0.2) is 33.2 Å². The van der Waals surface area contributed by atoms with Crippen LogP contribution in [0, 0.1) is 5.41 Å². The van der Waals surface area contributed by atoms with Gasteiger partial charge in [-0.25, -0.2) is 8.42 Å². The van der Waals surface area contributed by atoms with Gasteiger partial charge in [0, 0.05) is 11.4 Å². The van der Waals surface area contributed by atoms with Crippen molar-refractivity contribution in [3.05, 3.63) is 24.3 Å². The van der Waals surface area contributed by atoms with Crippen LogP contribution in [-0.2, 0) is 14.8 Å². The van der Waals surface area contributed by atoms with Crippen LogP contribution in [0.5, 0.6) is 0 Å². The molecule has 6 nitrogen and oxygen atoms in total. The average Bonchev–Trinajstić information content (AvgIpc) is 2.38. The quantitative estimate of drug-likeness (QED) is 0.787. The Morgan fingerprint density at radius 1 is 1.23 bits per heavy atom. The fourth-order valence-electron chi connectivity index (χ4n) is 2.71. The molecule has 1 atom stereocenters. The molecule has 0 saturated carbocycles. The van der Waals surface area contributed by atoms with Gasteiger partial charge in [0.25, 0.3) is 0 Å². The van der Waals surface area contributed by atoms with E-state index >= 15 is 0 Å². The number of hydrogen-bond donors (Lipinski definition) is 3. The number of nitrogens with one attached hydrogen (secondary N) is 3. The molecule has 0 spiro atoms. The van der Waals surface area contributed by atoms with Crippen LogP contribution >= 0.6 is 0 Å². The van der Waals surface area contributed by atoms with Crippen molar-refractivity contribution in [1.29, 1.82) is 0 Å². The number of anilines is 2. The van der Waals surface area contributed by atoms with Crippen molar-refractivity contribution in [3.8, 4) is 0 Å². The van der Waals surface area contributed by atoms with Crippen LogP contribution < -0.4 is 15.4 Å². The Morgan fingerprint density at radius 2 is 1.82 bits per heavy atom. The Morgan fingerprint density at radius 3 is 2.36 bits per heavy atom. The summed E-state index contributed by atoms with van der Waals surface area (Å²) < 4.78 is 24.7. The molecule has 122 valence electrons. The predicted molar refractivity (Wildman–Crippen MR) is 88.3 cm³/mol. The second-order valence-corrected chi connectivity index (χ2v) is 8.17. The molecule has 0 radical (unpaired) electrons. The molecule has 0 aliphatic carbocycles. The van der Waals surface area contributed by atoms with Crippen LogP contribution in [0.4, 0.5) is 11.4 Å². The molecule has 1 saturated heterocycles. The molecule has 1 fully saturated rings. The first-order valence-electron chi connectivity index (χ1n) is 7.29. The van der Waals surface area contributed by atoms with Crippen molar-refractivity contribution in [2.45, 2.75) is 32.7 Å². The molecule has 1 aromatic carbocycles. The highest BCUT2D eigenvalue weighted by Crippen LogP contribution is 2.30. The van der Waals surface area contributed by atoms with Gasteiger partial charge in [-0.15, -0.1) is 0 Å². The molecule has 1 unspecified atom stereocenters. The van der Waals surface area contributed by atoms with Gasteiger partial charge in [-0.3, -0.25) is 9.52 Å². The van der Waals surface area contributed by atoms with Gasteiger partial charge in [-0.1, -0.05) is 13.8 Å². The van der Waals surface area contributed by atoms with E-state index in [4.69, 9.17) is 0 Å². The molecule has 2 rings (SSSR count). The summed E-state index contributed by atoms with van der Waals surface area (Å²) in [7, 11) is -3.29. The van der Waals surface area contributed by atoms with E-state index in [1.807, 2.05) is 0 Å². The first-order chi connectivity index (χ1) is 10.2. The smallest absolute Gasteiger partial charge is 0.242 e. The van der Waals surface area contributed by atoms with E-state index in [2.05, 4.69) is 29.2 Å². The minimum Gasteiger partial charge on any atom is -0.325 e. The maximum atomic E-state index is 12.4. The summed E-state index contributed by atoms with van der Waals surface area (Å²) in [6.45, 7) is 5.02. The zero-order chi connectivity index (χ0) is 16.4. The second-order valence-electron chi connectivity index (χ2n) is 6.42. The largest absolute Gasteiger partial charge is 0.325 e. The summed E-state index contributed by atoms with van der Waals surface area (Å²) in [6, 6.07) is 6.38. The maximum Gasteiger partial charge on any atom is 0.242 e. The van der Waals surface area contributed by atoms with Crippen LogP contribution in [0.3, 0.4) is 0 Å². The van der Waals surface area contributed by atoms with E-state index in [1.165, 1.54) is 0 Å². The number of carbonyl (C=O) groups is 1. The summed E-state index contributed by atoms with van der Waals surface area (Å²) >= 11 is 0. The van der Waals surface area contributed by atoms with Gasteiger partial charge in [0.1, 0.15) is 0 Å². The van der Waals surface area contributed by atoms with Crippen LogP contribution in [0.15, 0.2) is 24.3 Å². The Kier molecular flexibility index (Phi) is 4.77. The highest BCUT2D eigenvalue weighted by molar-refractivity contribution is 7.92. The Bertz CT molecular complexity index is 639. The minimum atomic E-state index is -3.29. The first kappa shape index (κ1) is 16.8. The van der Waals surface area contributed by atoms with Gasteiger partial charge < -0.3 is 10.6 Å². The van der Waals surface area contributed by atoms with Crippen molar-refractivity contribution in [3.63, 3.8) is 0 Å². The maximum absolute atomic E-state index is 12.4. The number of hydrogen-bond acceptors (Lipinski definition) is 4. The van der Waals surface area contributed by atoms with E-state index < -0.39 is 10.0 Å². The molecular formula is C15H23N3O3S. The number of sulfonamides is 1. The molecule has 0 aromatic heterocycles. The lowest BCUT2D eigenvalue weighted by molar-refractivity contribution is -0.121. The number of carbonyl (C=O) groups excluding carboxylic acids is 1. The standard InChI is InChI=1S/C15H23N3O3S/c1-15(2)9-4-10-16-13(15)14(19)17-11-5-7-12(8-6-11)18-22(3,20)21/h5-8,13,16,18H,4,9-10H2,1-3H3,(H,17,19). The molecule has 3 N–H and O–H groups in total. The fourth-order valence-corrected chi connectivity index (χ4v) is 3.27. The lowest BCUT2D eigenvalue weighted by Gasteiger charge is -2.38. The zero-order valence-corrected chi connectivity index (χ0v) is 14.0. The number of piperidine rings is 1. The van der Waals surface area contributed by atoms with Gasteiger partial charge in [-0.05, 0) is 49.1 Å². The van der Waals surface area contributed by atoms with Gasteiger partial charge in [0.2, 0.25) is 15.9 Å².